The third kappa shape index (κ3) is 6.26. The summed E-state index contributed by atoms with van der Waals surface area (Å²) in [5.74, 6) is 0.336. The summed E-state index contributed by atoms with van der Waals surface area (Å²) in [5, 5.41) is 3.42. The van der Waals surface area contributed by atoms with Gasteiger partial charge in [-0.15, -0.1) is 0 Å². The van der Waals surface area contributed by atoms with E-state index in [1.165, 1.54) is 19.6 Å². The Kier molecular flexibility index (Phi) is 10.2. The number of nitrogens with zero attached hydrogens (tertiary/aromatic N) is 5. The largest absolute Gasteiger partial charge is 0.481 e. The Balaban J connectivity index is 0.00000204. The van der Waals surface area contributed by atoms with Gasteiger partial charge in [-0.25, -0.2) is 15.0 Å². The second-order valence-electron chi connectivity index (χ2n) is 7.89. The Hall–Kier alpha value is -3.23. The van der Waals surface area contributed by atoms with Crippen molar-refractivity contribution in [1.82, 2.24) is 19.9 Å². The van der Waals surface area contributed by atoms with E-state index in [1.54, 1.807) is 0 Å². The third-order valence-electron chi connectivity index (χ3n) is 5.89. The first-order valence-electron chi connectivity index (χ1n) is 10.5. The van der Waals surface area contributed by atoms with E-state index in [1.807, 2.05) is 16.7 Å². The summed E-state index contributed by atoms with van der Waals surface area (Å²) < 4.78 is 45.1. The second-order valence-corrected chi connectivity index (χ2v) is 7.89. The number of hydrogen-bond donors (Lipinski definition) is 1. The average Bonchev–Trinajstić information content (AvgIpc) is 3.26. The lowest BCUT2D eigenvalue weighted by molar-refractivity contribution is -0.139. The maximum absolute atomic E-state index is 13.4. The van der Waals surface area contributed by atoms with E-state index < -0.39 is 17.6 Å². The molecule has 0 bridgehead atoms. The topological polar surface area (TPSA) is 178 Å². The first kappa shape index (κ1) is 29.8. The Bertz CT molecular complexity index is 1010. The van der Waals surface area contributed by atoms with Gasteiger partial charge in [0, 0.05) is 50.6 Å². The average molecular weight is 505 g/mol. The monoisotopic (exact) mass is 504 g/mol. The lowest BCUT2D eigenvalue weighted by Gasteiger charge is -2.31. The van der Waals surface area contributed by atoms with Crippen LogP contribution in [0.3, 0.4) is 0 Å². The van der Waals surface area contributed by atoms with Crippen molar-refractivity contribution in [2.75, 3.05) is 37.0 Å². The molecule has 1 unspecified atom stereocenters. The van der Waals surface area contributed by atoms with Crippen molar-refractivity contribution >= 4 is 17.4 Å². The molecular weight excluding hydrogens is 473 g/mol. The minimum atomic E-state index is -4.57. The van der Waals surface area contributed by atoms with Gasteiger partial charge in [0.05, 0.1) is 24.7 Å². The highest BCUT2D eigenvalue weighted by Gasteiger charge is 2.36. The van der Waals surface area contributed by atoms with E-state index in [4.69, 9.17) is 4.74 Å². The van der Waals surface area contributed by atoms with Gasteiger partial charge in [0.2, 0.25) is 11.8 Å². The van der Waals surface area contributed by atoms with Gasteiger partial charge in [0.15, 0.2) is 0 Å². The minimum absolute atomic E-state index is 0. The molecule has 14 heteroatoms. The van der Waals surface area contributed by atoms with E-state index in [9.17, 15) is 18.0 Å². The van der Waals surface area contributed by atoms with Crippen molar-refractivity contribution in [1.29, 1.82) is 0 Å². The number of rotatable bonds is 5. The Morgan fingerprint density at radius 1 is 1.20 bits per heavy atom. The molecule has 0 aliphatic carbocycles. The van der Waals surface area contributed by atoms with E-state index in [0.717, 1.165) is 23.7 Å². The zero-order valence-corrected chi connectivity index (χ0v) is 19.4. The molecule has 35 heavy (non-hydrogen) atoms. The zero-order valence-electron chi connectivity index (χ0n) is 19.4. The van der Waals surface area contributed by atoms with Crippen LogP contribution in [0.5, 0.6) is 5.88 Å². The molecule has 0 spiro atoms. The number of likely N-dealkylation sites (tertiary alicyclic amines) is 1. The van der Waals surface area contributed by atoms with Crippen LogP contribution < -0.4 is 15.0 Å². The van der Waals surface area contributed by atoms with Gasteiger partial charge < -0.3 is 36.3 Å². The summed E-state index contributed by atoms with van der Waals surface area (Å²) >= 11 is 0. The Morgan fingerprint density at radius 3 is 2.60 bits per heavy atom. The standard InChI is InChI=1S/C21H25F3N6O2.3H2O/c1-3-18(31)30-6-4-13(10-30)28-19-15-11-29(7-5-17(15)26-12-27-19)14-8-16(21(22,23)24)20(32-2)25-9-14;;;/h8-9,12-13H,3-7,10-11H2,1-2H3,(H,26,27,28);3*1H2. The van der Waals surface area contributed by atoms with Crippen LogP contribution in [-0.4, -0.2) is 75.0 Å². The fraction of sp³-hybridized carbons (Fsp3) is 0.524. The number of alkyl halides is 3. The molecule has 11 nitrogen and oxygen atoms in total. The van der Waals surface area contributed by atoms with Crippen LogP contribution in [0.15, 0.2) is 18.6 Å². The highest BCUT2D eigenvalue weighted by molar-refractivity contribution is 5.76. The van der Waals surface area contributed by atoms with Crippen molar-refractivity contribution in [3.8, 4) is 5.88 Å². The molecule has 0 radical (unpaired) electrons. The summed E-state index contributed by atoms with van der Waals surface area (Å²) in [7, 11) is 1.17. The van der Waals surface area contributed by atoms with E-state index >= 15 is 0 Å². The SMILES string of the molecule is CCC(=O)N1CCC(Nc2ncnc3c2CN(c2cnc(OC)c(C(F)(F)F)c2)CC3)C1.O.O.O. The number of anilines is 2. The Morgan fingerprint density at radius 2 is 1.94 bits per heavy atom. The van der Waals surface area contributed by atoms with Crippen LogP contribution in [-0.2, 0) is 23.9 Å². The highest BCUT2D eigenvalue weighted by atomic mass is 19.4. The van der Waals surface area contributed by atoms with Crippen LogP contribution in [0.1, 0.15) is 36.6 Å². The number of amides is 1. The van der Waals surface area contributed by atoms with Crippen molar-refractivity contribution < 1.29 is 39.1 Å². The van der Waals surface area contributed by atoms with Gasteiger partial charge >= 0.3 is 6.18 Å². The van der Waals surface area contributed by atoms with Crippen molar-refractivity contribution in [3.05, 3.63) is 35.4 Å². The van der Waals surface area contributed by atoms with Gasteiger partial charge in [0.25, 0.3) is 0 Å². The quantitative estimate of drug-likeness (QED) is 0.612. The molecule has 2 aliphatic heterocycles. The van der Waals surface area contributed by atoms with Crippen molar-refractivity contribution in [3.63, 3.8) is 0 Å². The molecule has 1 atom stereocenters. The maximum Gasteiger partial charge on any atom is 0.421 e. The molecule has 4 rings (SSSR count). The Labute approximate surface area is 200 Å². The highest BCUT2D eigenvalue weighted by Crippen LogP contribution is 2.38. The normalized spacial score (nSPS) is 16.9. The molecule has 196 valence electrons. The predicted octanol–water partition coefficient (Wildman–Crippen LogP) is 0.410. The smallest absolute Gasteiger partial charge is 0.421 e. The molecule has 2 aliphatic rings. The molecule has 2 aromatic heterocycles. The number of ether oxygens (including phenoxy) is 1. The van der Waals surface area contributed by atoms with Crippen LogP contribution in [0.25, 0.3) is 0 Å². The molecule has 1 amide bonds. The number of hydrogen-bond acceptors (Lipinski definition) is 7. The summed E-state index contributed by atoms with van der Waals surface area (Å²) in [4.78, 5) is 28.2. The van der Waals surface area contributed by atoms with Crippen LogP contribution in [0.4, 0.5) is 24.7 Å². The zero-order chi connectivity index (χ0) is 22.9. The van der Waals surface area contributed by atoms with Crippen molar-refractivity contribution in [2.24, 2.45) is 0 Å². The van der Waals surface area contributed by atoms with Gasteiger partial charge in [-0.1, -0.05) is 6.92 Å². The van der Waals surface area contributed by atoms with Gasteiger partial charge in [-0.05, 0) is 12.5 Å². The molecule has 4 heterocycles. The number of fused-ring (bicyclic) bond motifs is 1. The molecule has 1 saturated heterocycles. The van der Waals surface area contributed by atoms with Crippen LogP contribution in [0.2, 0.25) is 0 Å². The number of carbonyl (C=O) groups is 1. The number of halogens is 3. The van der Waals surface area contributed by atoms with E-state index in [0.29, 0.717) is 50.5 Å². The molecule has 0 aromatic carbocycles. The summed E-state index contributed by atoms with van der Waals surface area (Å²) in [6.07, 6.45) is 0.178. The number of nitrogens with one attached hydrogen (secondary N) is 1. The van der Waals surface area contributed by atoms with Gasteiger partial charge in [0.1, 0.15) is 17.7 Å². The van der Waals surface area contributed by atoms with Gasteiger partial charge in [-0.3, -0.25) is 4.79 Å². The first-order chi connectivity index (χ1) is 15.3. The number of aromatic nitrogens is 3. The predicted molar refractivity (Wildman–Crippen MR) is 122 cm³/mol. The fourth-order valence-corrected chi connectivity index (χ4v) is 4.19. The number of methoxy groups -OCH3 is 1. The molecule has 7 N–H and O–H groups in total. The minimum Gasteiger partial charge on any atom is -0.481 e. The lowest BCUT2D eigenvalue weighted by atomic mass is 10.0. The van der Waals surface area contributed by atoms with E-state index in [-0.39, 0.29) is 28.4 Å². The summed E-state index contributed by atoms with van der Waals surface area (Å²) in [6, 6.07) is 1.14. The van der Waals surface area contributed by atoms with Crippen molar-refractivity contribution in [2.45, 2.75) is 44.9 Å². The second kappa shape index (κ2) is 12.0. The van der Waals surface area contributed by atoms with Gasteiger partial charge in [-0.2, -0.15) is 13.2 Å². The molecule has 2 aromatic rings. The molecule has 1 fully saturated rings. The molecule has 0 saturated carbocycles. The first-order valence-corrected chi connectivity index (χ1v) is 10.5. The number of pyridine rings is 1. The van der Waals surface area contributed by atoms with E-state index in [2.05, 4.69) is 20.3 Å². The molecular formula is C21H31F3N6O5. The van der Waals surface area contributed by atoms with Crippen LogP contribution >= 0.6 is 0 Å². The lowest BCUT2D eigenvalue weighted by Crippen LogP contribution is -2.34. The summed E-state index contributed by atoms with van der Waals surface area (Å²) in [6.45, 7) is 4.01. The maximum atomic E-state index is 13.4. The fourth-order valence-electron chi connectivity index (χ4n) is 4.19. The third-order valence-corrected chi connectivity index (χ3v) is 5.89. The number of carbonyl (C=O) groups excluding carboxylic acids is 1. The van der Waals surface area contributed by atoms with Crippen LogP contribution in [0, 0.1) is 0 Å². The summed E-state index contributed by atoms with van der Waals surface area (Å²) in [5.41, 5.74) is 1.18.